The predicted octanol–water partition coefficient (Wildman–Crippen LogP) is 2.55. The van der Waals surface area contributed by atoms with E-state index in [-0.39, 0.29) is 0 Å². The Balaban J connectivity index is 2.65. The first kappa shape index (κ1) is 12.3. The van der Waals surface area contributed by atoms with Gasteiger partial charge in [0.25, 0.3) is 0 Å². The van der Waals surface area contributed by atoms with E-state index in [0.29, 0.717) is 11.8 Å². The van der Waals surface area contributed by atoms with Crippen LogP contribution in [-0.4, -0.2) is 35.7 Å². The van der Waals surface area contributed by atoms with Crippen molar-refractivity contribution >= 4 is 21.6 Å². The van der Waals surface area contributed by atoms with E-state index in [9.17, 15) is 0 Å². The highest BCUT2D eigenvalue weighted by molar-refractivity contribution is 9.10. The standard InChI is InChI=1S/C11H16BrN3/c1-8(15(2)3)6-10(13)11-5-4-9(12)7-14-11/h4-5,7-8,13H,6H2,1-3H3/t8-/m0/s1. The molecule has 1 N–H and O–H groups in total. The second-order valence-electron chi connectivity index (χ2n) is 3.86. The molecule has 0 spiro atoms. The van der Waals surface area contributed by atoms with Crippen molar-refractivity contribution in [3.8, 4) is 0 Å². The molecule has 3 nitrogen and oxygen atoms in total. The van der Waals surface area contributed by atoms with Gasteiger partial charge in [-0.3, -0.25) is 4.98 Å². The van der Waals surface area contributed by atoms with E-state index in [0.717, 1.165) is 16.6 Å². The highest BCUT2D eigenvalue weighted by Gasteiger charge is 2.10. The van der Waals surface area contributed by atoms with E-state index in [1.54, 1.807) is 6.20 Å². The van der Waals surface area contributed by atoms with E-state index in [1.165, 1.54) is 0 Å². The van der Waals surface area contributed by atoms with E-state index in [4.69, 9.17) is 5.41 Å². The molecule has 1 heterocycles. The SMILES string of the molecule is C[C@@H](CC(=N)c1ccc(Br)cn1)N(C)C. The van der Waals surface area contributed by atoms with Gasteiger partial charge >= 0.3 is 0 Å². The maximum Gasteiger partial charge on any atom is 0.0838 e. The fourth-order valence-corrected chi connectivity index (χ4v) is 1.37. The van der Waals surface area contributed by atoms with Gasteiger partial charge in [0.15, 0.2) is 0 Å². The van der Waals surface area contributed by atoms with Crippen LogP contribution in [0.1, 0.15) is 19.0 Å². The molecule has 82 valence electrons. The summed E-state index contributed by atoms with van der Waals surface area (Å²) >= 11 is 3.33. The summed E-state index contributed by atoms with van der Waals surface area (Å²) in [7, 11) is 4.04. The van der Waals surface area contributed by atoms with E-state index in [2.05, 4.69) is 32.7 Å². The number of hydrogen-bond donors (Lipinski definition) is 1. The fourth-order valence-electron chi connectivity index (χ4n) is 1.14. The van der Waals surface area contributed by atoms with Crippen LogP contribution in [0.3, 0.4) is 0 Å². The molecule has 0 aliphatic rings. The van der Waals surface area contributed by atoms with Crippen molar-refractivity contribution in [1.29, 1.82) is 5.41 Å². The number of aromatic nitrogens is 1. The molecule has 0 saturated heterocycles. The van der Waals surface area contributed by atoms with Crippen molar-refractivity contribution in [1.82, 2.24) is 9.88 Å². The molecule has 0 aliphatic heterocycles. The monoisotopic (exact) mass is 269 g/mol. The first-order valence-corrected chi connectivity index (χ1v) is 5.65. The first-order valence-electron chi connectivity index (χ1n) is 4.86. The van der Waals surface area contributed by atoms with Gasteiger partial charge in [-0.25, -0.2) is 0 Å². The van der Waals surface area contributed by atoms with Gasteiger partial charge in [-0.05, 0) is 49.1 Å². The summed E-state index contributed by atoms with van der Waals surface area (Å²) in [5.41, 5.74) is 1.34. The Hall–Kier alpha value is -0.740. The van der Waals surface area contributed by atoms with Crippen LogP contribution in [0.25, 0.3) is 0 Å². The van der Waals surface area contributed by atoms with Gasteiger partial charge < -0.3 is 10.3 Å². The summed E-state index contributed by atoms with van der Waals surface area (Å²) in [6, 6.07) is 4.15. The Morgan fingerprint density at radius 3 is 2.67 bits per heavy atom. The van der Waals surface area contributed by atoms with Crippen molar-refractivity contribution in [3.05, 3.63) is 28.5 Å². The van der Waals surface area contributed by atoms with Crippen LogP contribution in [0.4, 0.5) is 0 Å². The Kier molecular flexibility index (Phi) is 4.42. The number of halogens is 1. The van der Waals surface area contributed by atoms with Crippen molar-refractivity contribution in [2.24, 2.45) is 0 Å². The fraction of sp³-hybridized carbons (Fsp3) is 0.455. The van der Waals surface area contributed by atoms with Crippen molar-refractivity contribution in [3.63, 3.8) is 0 Å². The summed E-state index contributed by atoms with van der Waals surface area (Å²) < 4.78 is 0.944. The third kappa shape index (κ3) is 3.72. The minimum Gasteiger partial charge on any atom is -0.306 e. The van der Waals surface area contributed by atoms with Gasteiger partial charge in [0.2, 0.25) is 0 Å². The maximum atomic E-state index is 7.92. The van der Waals surface area contributed by atoms with E-state index < -0.39 is 0 Å². The highest BCUT2D eigenvalue weighted by Crippen LogP contribution is 2.10. The molecule has 0 aromatic carbocycles. The number of hydrogen-bond acceptors (Lipinski definition) is 3. The maximum absolute atomic E-state index is 7.92. The average molecular weight is 270 g/mol. The normalized spacial score (nSPS) is 12.9. The summed E-state index contributed by atoms with van der Waals surface area (Å²) in [6.45, 7) is 2.10. The quantitative estimate of drug-likeness (QED) is 0.854. The van der Waals surface area contributed by atoms with Gasteiger partial charge in [-0.2, -0.15) is 0 Å². The number of nitrogens with zero attached hydrogens (tertiary/aromatic N) is 2. The zero-order chi connectivity index (χ0) is 11.4. The lowest BCUT2D eigenvalue weighted by Gasteiger charge is -2.19. The van der Waals surface area contributed by atoms with Crippen LogP contribution in [0.15, 0.2) is 22.8 Å². The van der Waals surface area contributed by atoms with Crippen LogP contribution >= 0.6 is 15.9 Å². The van der Waals surface area contributed by atoms with Crippen molar-refractivity contribution in [2.75, 3.05) is 14.1 Å². The van der Waals surface area contributed by atoms with Crippen LogP contribution in [0, 0.1) is 5.41 Å². The minimum absolute atomic E-state index is 0.364. The van der Waals surface area contributed by atoms with Crippen LogP contribution in [0.2, 0.25) is 0 Å². The summed E-state index contributed by atoms with van der Waals surface area (Å²) in [5.74, 6) is 0. The molecule has 0 radical (unpaired) electrons. The first-order chi connectivity index (χ1) is 7.00. The molecule has 1 aromatic heterocycles. The molecule has 0 aliphatic carbocycles. The highest BCUT2D eigenvalue weighted by atomic mass is 79.9. The van der Waals surface area contributed by atoms with Gasteiger partial charge in [0.05, 0.1) is 11.4 Å². The average Bonchev–Trinajstić information content (AvgIpc) is 2.18. The van der Waals surface area contributed by atoms with E-state index in [1.807, 2.05) is 26.2 Å². The van der Waals surface area contributed by atoms with Gasteiger partial charge in [0, 0.05) is 23.1 Å². The number of rotatable bonds is 4. The number of nitrogens with one attached hydrogen (secondary N) is 1. The molecule has 0 saturated carbocycles. The van der Waals surface area contributed by atoms with Crippen LogP contribution in [0.5, 0.6) is 0 Å². The molecular formula is C11H16BrN3. The van der Waals surface area contributed by atoms with Crippen molar-refractivity contribution < 1.29 is 0 Å². The largest absolute Gasteiger partial charge is 0.306 e. The van der Waals surface area contributed by atoms with Crippen LogP contribution in [-0.2, 0) is 0 Å². The Morgan fingerprint density at radius 2 is 2.20 bits per heavy atom. The molecule has 0 fully saturated rings. The molecule has 1 aromatic rings. The Morgan fingerprint density at radius 1 is 1.53 bits per heavy atom. The van der Waals surface area contributed by atoms with E-state index >= 15 is 0 Å². The third-order valence-electron chi connectivity index (χ3n) is 2.42. The molecule has 0 bridgehead atoms. The molecule has 0 amide bonds. The minimum atomic E-state index is 0.364. The molecule has 15 heavy (non-hydrogen) atoms. The molecule has 0 unspecified atom stereocenters. The second kappa shape index (κ2) is 5.37. The van der Waals surface area contributed by atoms with Gasteiger partial charge in [0.1, 0.15) is 0 Å². The summed E-state index contributed by atoms with van der Waals surface area (Å²) in [4.78, 5) is 6.31. The molecule has 1 rings (SSSR count). The zero-order valence-corrected chi connectivity index (χ0v) is 10.9. The molecular weight excluding hydrogens is 254 g/mol. The summed E-state index contributed by atoms with van der Waals surface area (Å²) in [5, 5.41) is 7.92. The summed E-state index contributed by atoms with van der Waals surface area (Å²) in [6.07, 6.45) is 2.45. The lowest BCUT2D eigenvalue weighted by molar-refractivity contribution is 0.321. The molecule has 4 heteroatoms. The smallest absolute Gasteiger partial charge is 0.0838 e. The number of pyridine rings is 1. The van der Waals surface area contributed by atoms with Crippen molar-refractivity contribution in [2.45, 2.75) is 19.4 Å². The Labute approximate surface area is 99.2 Å². The second-order valence-corrected chi connectivity index (χ2v) is 4.77. The lowest BCUT2D eigenvalue weighted by atomic mass is 10.1. The Bertz CT molecular complexity index is 332. The van der Waals surface area contributed by atoms with Gasteiger partial charge in [-0.1, -0.05) is 0 Å². The van der Waals surface area contributed by atoms with Gasteiger partial charge in [-0.15, -0.1) is 0 Å². The zero-order valence-electron chi connectivity index (χ0n) is 9.29. The van der Waals surface area contributed by atoms with Crippen LogP contribution < -0.4 is 0 Å². The third-order valence-corrected chi connectivity index (χ3v) is 2.89. The topological polar surface area (TPSA) is 40.0 Å². The predicted molar refractivity (Wildman–Crippen MR) is 66.5 cm³/mol. The lowest BCUT2D eigenvalue weighted by Crippen LogP contribution is -2.27. The molecule has 1 atom stereocenters.